The van der Waals surface area contributed by atoms with Crippen LogP contribution in [0.2, 0.25) is 5.02 Å². The van der Waals surface area contributed by atoms with Crippen molar-refractivity contribution in [1.29, 1.82) is 0 Å². The molecule has 0 N–H and O–H groups in total. The molecule has 30 heavy (non-hydrogen) atoms. The minimum atomic E-state index is -4.51. The summed E-state index contributed by atoms with van der Waals surface area (Å²) in [5.74, 6) is 0.718. The molecule has 2 fully saturated rings. The van der Waals surface area contributed by atoms with Crippen LogP contribution in [0.1, 0.15) is 43.2 Å². The highest BCUT2D eigenvalue weighted by molar-refractivity contribution is 6.31. The molecule has 1 aromatic heterocycles. The van der Waals surface area contributed by atoms with Gasteiger partial charge in [-0.1, -0.05) is 17.7 Å². The summed E-state index contributed by atoms with van der Waals surface area (Å²) in [5, 5.41) is -0.327. The van der Waals surface area contributed by atoms with E-state index in [4.69, 9.17) is 16.3 Å². The predicted molar refractivity (Wildman–Crippen MR) is 106 cm³/mol. The van der Waals surface area contributed by atoms with Crippen LogP contribution in [-0.4, -0.2) is 34.0 Å². The summed E-state index contributed by atoms with van der Waals surface area (Å²) >= 11 is 5.67. The van der Waals surface area contributed by atoms with E-state index in [2.05, 4.69) is 4.98 Å². The normalized spacial score (nSPS) is 23.5. The average molecular weight is 439 g/mol. The molecule has 4 nitrogen and oxygen atoms in total. The van der Waals surface area contributed by atoms with E-state index in [-0.39, 0.29) is 42.0 Å². The zero-order valence-electron chi connectivity index (χ0n) is 16.2. The van der Waals surface area contributed by atoms with Crippen molar-refractivity contribution in [2.24, 2.45) is 0 Å². The van der Waals surface area contributed by atoms with Gasteiger partial charge < -0.3 is 9.64 Å². The Labute approximate surface area is 178 Å². The number of fused-ring (bicyclic) bond motifs is 2. The van der Waals surface area contributed by atoms with Crippen molar-refractivity contribution in [3.8, 4) is 5.75 Å². The Hall–Kier alpha value is -2.28. The molecule has 2 saturated heterocycles. The number of pyridine rings is 1. The molecule has 0 saturated carbocycles. The SMILES string of the molecule is O=C(CCc1ccc(Cl)c(C(F)(F)F)c1)N1C2CCC1CC(Oc1cccnc1)C2. The van der Waals surface area contributed by atoms with Crippen LogP contribution in [0.3, 0.4) is 0 Å². The van der Waals surface area contributed by atoms with Crippen molar-refractivity contribution in [3.63, 3.8) is 0 Å². The molecule has 0 spiro atoms. The lowest BCUT2D eigenvalue weighted by Gasteiger charge is -2.39. The van der Waals surface area contributed by atoms with Gasteiger partial charge in [0, 0.05) is 37.5 Å². The third-order valence-corrected chi connectivity index (χ3v) is 6.21. The quantitative estimate of drug-likeness (QED) is 0.637. The number of aromatic nitrogens is 1. The van der Waals surface area contributed by atoms with Crippen LogP contribution < -0.4 is 4.74 Å². The Morgan fingerprint density at radius 3 is 2.57 bits per heavy atom. The zero-order valence-corrected chi connectivity index (χ0v) is 17.0. The van der Waals surface area contributed by atoms with Gasteiger partial charge in [-0.3, -0.25) is 9.78 Å². The Morgan fingerprint density at radius 2 is 1.93 bits per heavy atom. The van der Waals surface area contributed by atoms with Crippen LogP contribution in [0.5, 0.6) is 5.75 Å². The van der Waals surface area contributed by atoms with E-state index in [1.807, 2.05) is 17.0 Å². The Morgan fingerprint density at radius 1 is 1.20 bits per heavy atom. The standard InChI is InChI=1S/C22H22ClF3N2O2/c23-20-7-3-14(10-19(20)22(24,25)26)4-8-21(29)28-15-5-6-16(28)12-18(11-15)30-17-2-1-9-27-13-17/h1-3,7,9-10,13,15-16,18H,4-6,8,11-12H2. The van der Waals surface area contributed by atoms with Crippen LogP contribution in [0.4, 0.5) is 13.2 Å². The number of benzene rings is 1. The van der Waals surface area contributed by atoms with Gasteiger partial charge in [-0.15, -0.1) is 0 Å². The van der Waals surface area contributed by atoms with E-state index in [0.29, 0.717) is 5.56 Å². The molecule has 1 amide bonds. The summed E-state index contributed by atoms with van der Waals surface area (Å²) in [4.78, 5) is 18.9. The van der Waals surface area contributed by atoms with Crippen LogP contribution >= 0.6 is 11.6 Å². The van der Waals surface area contributed by atoms with E-state index in [1.165, 1.54) is 6.07 Å². The molecule has 0 aliphatic carbocycles. The first-order chi connectivity index (χ1) is 14.3. The van der Waals surface area contributed by atoms with Crippen LogP contribution in [-0.2, 0) is 17.4 Å². The fourth-order valence-electron chi connectivity index (χ4n) is 4.57. The van der Waals surface area contributed by atoms with Crippen molar-refractivity contribution >= 4 is 17.5 Å². The maximum atomic E-state index is 13.0. The van der Waals surface area contributed by atoms with Crippen molar-refractivity contribution < 1.29 is 22.7 Å². The van der Waals surface area contributed by atoms with Gasteiger partial charge in [0.2, 0.25) is 5.91 Å². The lowest BCUT2D eigenvalue weighted by atomic mass is 9.98. The lowest BCUT2D eigenvalue weighted by molar-refractivity contribution is -0.137. The summed E-state index contributed by atoms with van der Waals surface area (Å²) in [7, 11) is 0. The molecule has 8 heteroatoms. The number of amides is 1. The molecular weight excluding hydrogens is 417 g/mol. The minimum Gasteiger partial charge on any atom is -0.489 e. The fraction of sp³-hybridized carbons (Fsp3) is 0.455. The molecule has 2 bridgehead atoms. The molecule has 4 rings (SSSR count). The molecular formula is C22H22ClF3N2O2. The van der Waals surface area contributed by atoms with Gasteiger partial charge >= 0.3 is 6.18 Å². The summed E-state index contributed by atoms with van der Waals surface area (Å²) < 4.78 is 45.2. The second kappa shape index (κ2) is 8.46. The smallest absolute Gasteiger partial charge is 0.417 e. The number of carbonyl (C=O) groups is 1. The summed E-state index contributed by atoms with van der Waals surface area (Å²) in [6.45, 7) is 0. The van der Waals surface area contributed by atoms with Gasteiger partial charge in [0.05, 0.1) is 16.8 Å². The summed E-state index contributed by atoms with van der Waals surface area (Å²) in [6.07, 6.45) is 2.73. The number of hydrogen-bond donors (Lipinski definition) is 0. The van der Waals surface area contributed by atoms with Gasteiger partial charge in [-0.05, 0) is 49.1 Å². The topological polar surface area (TPSA) is 42.4 Å². The van der Waals surface area contributed by atoms with E-state index < -0.39 is 11.7 Å². The number of halogens is 4. The predicted octanol–water partition coefficient (Wildman–Crippen LogP) is 5.29. The third-order valence-electron chi connectivity index (χ3n) is 5.88. The minimum absolute atomic E-state index is 0.00848. The van der Waals surface area contributed by atoms with E-state index in [1.54, 1.807) is 18.5 Å². The van der Waals surface area contributed by atoms with Crippen LogP contribution in [0.15, 0.2) is 42.7 Å². The fourth-order valence-corrected chi connectivity index (χ4v) is 4.79. The Balaban J connectivity index is 1.36. The molecule has 2 atom stereocenters. The first-order valence-corrected chi connectivity index (χ1v) is 10.4. The number of rotatable bonds is 5. The van der Waals surface area contributed by atoms with Crippen molar-refractivity contribution in [1.82, 2.24) is 9.88 Å². The van der Waals surface area contributed by atoms with Crippen molar-refractivity contribution in [2.75, 3.05) is 0 Å². The van der Waals surface area contributed by atoms with Crippen molar-refractivity contribution in [3.05, 3.63) is 58.9 Å². The first-order valence-electron chi connectivity index (χ1n) is 10.0. The van der Waals surface area contributed by atoms with E-state index in [0.717, 1.165) is 37.5 Å². The lowest BCUT2D eigenvalue weighted by Crippen LogP contribution is -2.49. The number of ether oxygens (including phenoxy) is 1. The van der Waals surface area contributed by atoms with Gasteiger partial charge in [-0.25, -0.2) is 0 Å². The average Bonchev–Trinajstić information content (AvgIpc) is 2.98. The largest absolute Gasteiger partial charge is 0.489 e. The van der Waals surface area contributed by atoms with Gasteiger partial charge in [0.25, 0.3) is 0 Å². The van der Waals surface area contributed by atoms with Gasteiger partial charge in [0.1, 0.15) is 11.9 Å². The molecule has 2 unspecified atom stereocenters. The number of aryl methyl sites for hydroxylation is 1. The number of hydrogen-bond acceptors (Lipinski definition) is 3. The third kappa shape index (κ3) is 4.56. The molecule has 2 aliphatic rings. The highest BCUT2D eigenvalue weighted by atomic mass is 35.5. The Kier molecular flexibility index (Phi) is 5.91. The summed E-state index contributed by atoms with van der Waals surface area (Å²) in [5.41, 5.74) is -0.398. The number of piperidine rings is 1. The zero-order chi connectivity index (χ0) is 21.3. The molecule has 1 aromatic carbocycles. The molecule has 160 valence electrons. The highest BCUT2D eigenvalue weighted by Crippen LogP contribution is 2.38. The monoisotopic (exact) mass is 438 g/mol. The number of nitrogens with zero attached hydrogens (tertiary/aromatic N) is 2. The molecule has 0 radical (unpaired) electrons. The van der Waals surface area contributed by atoms with Crippen molar-refractivity contribution in [2.45, 2.75) is 62.9 Å². The van der Waals surface area contributed by atoms with Crippen LogP contribution in [0, 0.1) is 0 Å². The number of alkyl halides is 3. The maximum absolute atomic E-state index is 13.0. The molecule has 2 aromatic rings. The van der Waals surface area contributed by atoms with Crippen LogP contribution in [0.25, 0.3) is 0 Å². The highest BCUT2D eigenvalue weighted by Gasteiger charge is 2.43. The second-order valence-corrected chi connectivity index (χ2v) is 8.31. The Bertz CT molecular complexity index is 893. The first kappa shape index (κ1) is 21.0. The number of carbonyl (C=O) groups excluding carboxylic acids is 1. The summed E-state index contributed by atoms with van der Waals surface area (Å²) in [6, 6.07) is 7.76. The van der Waals surface area contributed by atoms with E-state index >= 15 is 0 Å². The van der Waals surface area contributed by atoms with E-state index in [9.17, 15) is 18.0 Å². The van der Waals surface area contributed by atoms with Gasteiger partial charge in [-0.2, -0.15) is 13.2 Å². The molecule has 3 heterocycles. The maximum Gasteiger partial charge on any atom is 0.417 e. The molecule has 2 aliphatic heterocycles. The second-order valence-electron chi connectivity index (χ2n) is 7.90. The van der Waals surface area contributed by atoms with Gasteiger partial charge in [0.15, 0.2) is 0 Å².